The molecule has 0 atom stereocenters. The van der Waals surface area contributed by atoms with Crippen LogP contribution in [0.25, 0.3) is 10.8 Å². The molecule has 1 aliphatic heterocycles. The van der Waals surface area contributed by atoms with Gasteiger partial charge in [-0.05, 0) is 62.6 Å². The van der Waals surface area contributed by atoms with Gasteiger partial charge in [0.05, 0.1) is 5.69 Å². The average molecular weight is 401 g/mol. The van der Waals surface area contributed by atoms with E-state index in [-0.39, 0.29) is 11.8 Å². The van der Waals surface area contributed by atoms with Gasteiger partial charge in [-0.2, -0.15) is 0 Å². The third-order valence-electron chi connectivity index (χ3n) is 6.00. The highest BCUT2D eigenvalue weighted by molar-refractivity contribution is 6.36. The van der Waals surface area contributed by atoms with Crippen molar-refractivity contribution in [2.45, 2.75) is 40.0 Å². The monoisotopic (exact) mass is 400 g/mol. The van der Waals surface area contributed by atoms with Crippen LogP contribution in [-0.4, -0.2) is 24.9 Å². The summed E-state index contributed by atoms with van der Waals surface area (Å²) in [5.41, 5.74) is 4.09. The lowest BCUT2D eigenvalue weighted by atomic mass is 9.92. The number of carbonyl (C=O) groups is 2. The van der Waals surface area contributed by atoms with E-state index in [1.54, 1.807) is 0 Å². The number of hydrogen-bond acceptors (Lipinski definition) is 3. The van der Waals surface area contributed by atoms with Crippen molar-refractivity contribution in [3.8, 4) is 0 Å². The number of amides is 2. The summed E-state index contributed by atoms with van der Waals surface area (Å²) in [7, 11) is 0. The third-order valence-corrected chi connectivity index (χ3v) is 6.00. The Bertz CT molecular complexity index is 1080. The van der Waals surface area contributed by atoms with E-state index in [2.05, 4.69) is 25.7 Å². The van der Waals surface area contributed by atoms with E-state index in [0.717, 1.165) is 48.8 Å². The fraction of sp³-hybridized carbons (Fsp3) is 0.308. The number of aryl methyl sites for hydroxylation is 1. The molecule has 3 aromatic rings. The van der Waals surface area contributed by atoms with E-state index in [0.29, 0.717) is 16.8 Å². The van der Waals surface area contributed by atoms with Crippen molar-refractivity contribution in [1.82, 2.24) is 0 Å². The van der Waals surface area contributed by atoms with Gasteiger partial charge >= 0.3 is 0 Å². The summed E-state index contributed by atoms with van der Waals surface area (Å²) >= 11 is 0. The maximum Gasteiger partial charge on any atom is 0.265 e. The molecule has 4 nitrogen and oxygen atoms in total. The number of hydrogen-bond donors (Lipinski definition) is 0. The summed E-state index contributed by atoms with van der Waals surface area (Å²) in [4.78, 5) is 30.3. The van der Waals surface area contributed by atoms with Crippen LogP contribution in [-0.2, 0) is 6.42 Å². The first-order valence-electron chi connectivity index (χ1n) is 10.9. The SMILES string of the molecule is CCCCc1ccc(N2C(=O)c3cccc4c(N(CC)CC)ccc(c34)C2=O)cc1. The van der Waals surface area contributed by atoms with Gasteiger partial charge < -0.3 is 4.90 Å². The summed E-state index contributed by atoms with van der Waals surface area (Å²) in [5.74, 6) is -0.507. The summed E-state index contributed by atoms with van der Waals surface area (Å²) in [6.07, 6.45) is 3.28. The normalized spacial score (nSPS) is 13.2. The number of carbonyl (C=O) groups excluding carboxylic acids is 2. The number of imide groups is 1. The first-order valence-corrected chi connectivity index (χ1v) is 10.9. The molecule has 1 aliphatic rings. The van der Waals surface area contributed by atoms with Crippen molar-refractivity contribution in [3.63, 3.8) is 0 Å². The van der Waals surface area contributed by atoms with Gasteiger partial charge in [-0.3, -0.25) is 9.59 Å². The zero-order valence-electron chi connectivity index (χ0n) is 17.9. The van der Waals surface area contributed by atoms with Gasteiger partial charge in [-0.15, -0.1) is 0 Å². The molecular formula is C26H28N2O2. The Morgan fingerprint density at radius 3 is 2.10 bits per heavy atom. The highest BCUT2D eigenvalue weighted by atomic mass is 16.2. The van der Waals surface area contributed by atoms with Gasteiger partial charge in [-0.1, -0.05) is 37.6 Å². The van der Waals surface area contributed by atoms with Crippen LogP contribution in [0.4, 0.5) is 11.4 Å². The van der Waals surface area contributed by atoms with E-state index in [1.165, 1.54) is 10.5 Å². The third kappa shape index (κ3) is 3.26. The number of nitrogens with zero attached hydrogens (tertiary/aromatic N) is 2. The minimum atomic E-state index is -0.254. The molecule has 0 saturated heterocycles. The lowest BCUT2D eigenvalue weighted by Gasteiger charge is -2.30. The second kappa shape index (κ2) is 8.31. The van der Waals surface area contributed by atoms with Crippen molar-refractivity contribution >= 4 is 34.0 Å². The number of benzene rings is 3. The van der Waals surface area contributed by atoms with Crippen molar-refractivity contribution in [2.75, 3.05) is 22.9 Å². The van der Waals surface area contributed by atoms with Crippen LogP contribution in [0.1, 0.15) is 59.9 Å². The summed E-state index contributed by atoms with van der Waals surface area (Å²) in [6.45, 7) is 8.13. The van der Waals surface area contributed by atoms with Crippen molar-refractivity contribution < 1.29 is 9.59 Å². The topological polar surface area (TPSA) is 40.6 Å². The molecule has 0 radical (unpaired) electrons. The predicted molar refractivity (Wildman–Crippen MR) is 124 cm³/mol. The zero-order chi connectivity index (χ0) is 21.3. The Morgan fingerprint density at radius 1 is 0.800 bits per heavy atom. The van der Waals surface area contributed by atoms with E-state index in [4.69, 9.17) is 0 Å². The molecule has 0 fully saturated rings. The Morgan fingerprint density at radius 2 is 1.47 bits per heavy atom. The van der Waals surface area contributed by atoms with Crippen LogP contribution in [0.3, 0.4) is 0 Å². The molecule has 0 aromatic heterocycles. The van der Waals surface area contributed by atoms with Crippen LogP contribution in [0.5, 0.6) is 0 Å². The van der Waals surface area contributed by atoms with E-state index >= 15 is 0 Å². The van der Waals surface area contributed by atoms with E-state index < -0.39 is 0 Å². The molecule has 30 heavy (non-hydrogen) atoms. The first kappa shape index (κ1) is 20.1. The molecule has 4 heteroatoms. The quantitative estimate of drug-likeness (QED) is 0.469. The summed E-state index contributed by atoms with van der Waals surface area (Å²) < 4.78 is 0. The van der Waals surface area contributed by atoms with Crippen LogP contribution < -0.4 is 9.80 Å². The van der Waals surface area contributed by atoms with Gasteiger partial charge in [0.2, 0.25) is 0 Å². The average Bonchev–Trinajstić information content (AvgIpc) is 2.78. The first-order chi connectivity index (χ1) is 14.6. The summed E-state index contributed by atoms with van der Waals surface area (Å²) in [6, 6.07) is 17.4. The zero-order valence-corrected chi connectivity index (χ0v) is 17.9. The van der Waals surface area contributed by atoms with Crippen molar-refractivity contribution in [2.24, 2.45) is 0 Å². The number of unbranched alkanes of at least 4 members (excludes halogenated alkanes) is 1. The van der Waals surface area contributed by atoms with Crippen LogP contribution in [0.15, 0.2) is 54.6 Å². The second-order valence-electron chi connectivity index (χ2n) is 7.75. The number of rotatable bonds is 7. The van der Waals surface area contributed by atoms with E-state index in [9.17, 15) is 9.59 Å². The molecule has 0 N–H and O–H groups in total. The van der Waals surface area contributed by atoms with Crippen LogP contribution in [0, 0.1) is 0 Å². The molecule has 0 unspecified atom stereocenters. The molecule has 1 heterocycles. The second-order valence-corrected chi connectivity index (χ2v) is 7.75. The number of anilines is 2. The highest BCUT2D eigenvalue weighted by Gasteiger charge is 2.34. The van der Waals surface area contributed by atoms with Gasteiger partial charge in [0.15, 0.2) is 0 Å². The van der Waals surface area contributed by atoms with Gasteiger partial charge in [-0.25, -0.2) is 4.90 Å². The molecule has 0 spiro atoms. The molecule has 0 bridgehead atoms. The maximum atomic E-state index is 13.4. The smallest absolute Gasteiger partial charge is 0.265 e. The van der Waals surface area contributed by atoms with E-state index in [1.807, 2.05) is 54.6 Å². The summed E-state index contributed by atoms with van der Waals surface area (Å²) in [5, 5.41) is 1.73. The van der Waals surface area contributed by atoms with Crippen LogP contribution >= 0.6 is 0 Å². The van der Waals surface area contributed by atoms with Gasteiger partial charge in [0.1, 0.15) is 0 Å². The van der Waals surface area contributed by atoms with Crippen molar-refractivity contribution in [1.29, 1.82) is 0 Å². The van der Waals surface area contributed by atoms with Crippen molar-refractivity contribution in [3.05, 3.63) is 71.3 Å². The molecule has 3 aromatic carbocycles. The lowest BCUT2D eigenvalue weighted by Crippen LogP contribution is -2.40. The maximum absolute atomic E-state index is 13.4. The highest BCUT2D eigenvalue weighted by Crippen LogP contribution is 2.37. The molecule has 2 amide bonds. The fourth-order valence-electron chi connectivity index (χ4n) is 4.35. The Labute approximate surface area is 178 Å². The lowest BCUT2D eigenvalue weighted by molar-refractivity contribution is 0.0893. The van der Waals surface area contributed by atoms with Crippen LogP contribution in [0.2, 0.25) is 0 Å². The molecule has 0 saturated carbocycles. The Kier molecular flexibility index (Phi) is 5.58. The molecular weight excluding hydrogens is 372 g/mol. The Hall–Kier alpha value is -3.14. The minimum absolute atomic E-state index is 0.254. The fourth-order valence-corrected chi connectivity index (χ4v) is 4.35. The standard InChI is InChI=1S/C26H28N2O2/c1-4-7-9-18-12-14-19(15-13-18)28-25(29)21-11-8-10-20-23(27(5-2)6-3)17-16-22(24(20)21)26(28)30/h8,10-17H,4-7,9H2,1-3H3. The van der Waals surface area contributed by atoms with Gasteiger partial charge in [0.25, 0.3) is 11.8 Å². The Balaban J connectivity index is 1.79. The van der Waals surface area contributed by atoms with Gasteiger partial charge in [0, 0.05) is 40.7 Å². The molecule has 4 rings (SSSR count). The molecule has 154 valence electrons. The molecule has 0 aliphatic carbocycles. The largest absolute Gasteiger partial charge is 0.372 e. The predicted octanol–water partition coefficient (Wildman–Crippen LogP) is 5.83. The minimum Gasteiger partial charge on any atom is -0.372 e.